The number of allylic oxidation sites excluding steroid dienone is 4. The highest BCUT2D eigenvalue weighted by molar-refractivity contribution is 5.99. The summed E-state index contributed by atoms with van der Waals surface area (Å²) in [5, 5.41) is 14.2. The average Bonchev–Trinajstić information content (AvgIpc) is 3.41. The number of benzene rings is 2. The third kappa shape index (κ3) is 5.11. The highest BCUT2D eigenvalue weighted by Crippen LogP contribution is 2.62. The summed E-state index contributed by atoms with van der Waals surface area (Å²) in [6, 6.07) is 12.4. The molecule has 2 aliphatic heterocycles. The predicted octanol–water partition coefficient (Wildman–Crippen LogP) is 9.17. The van der Waals surface area contributed by atoms with Crippen LogP contribution in [0.4, 0.5) is 4.79 Å². The summed E-state index contributed by atoms with van der Waals surface area (Å²) >= 11 is 0. The number of aliphatic hydroxyl groups excluding tert-OH is 1. The van der Waals surface area contributed by atoms with Gasteiger partial charge in [-0.05, 0) is 112 Å². The van der Waals surface area contributed by atoms with E-state index in [4.69, 9.17) is 14.2 Å². The molecule has 6 aliphatic rings. The van der Waals surface area contributed by atoms with Crippen LogP contribution >= 0.6 is 0 Å². The molecule has 3 aromatic rings. The van der Waals surface area contributed by atoms with Gasteiger partial charge in [-0.2, -0.15) is 0 Å². The van der Waals surface area contributed by atoms with Crippen molar-refractivity contribution in [1.29, 1.82) is 0 Å². The number of aliphatic hydroxyl groups is 1. The van der Waals surface area contributed by atoms with Gasteiger partial charge in [-0.25, -0.2) is 9.59 Å². The topological polar surface area (TPSA) is 90.2 Å². The van der Waals surface area contributed by atoms with Crippen molar-refractivity contribution in [3.8, 4) is 17.0 Å². The molecule has 0 bridgehead atoms. The van der Waals surface area contributed by atoms with Gasteiger partial charge < -0.3 is 23.9 Å². The van der Waals surface area contributed by atoms with Crippen molar-refractivity contribution >= 4 is 23.0 Å². The lowest BCUT2D eigenvalue weighted by Crippen LogP contribution is -2.55. The number of carbonyl (C=O) groups excluding carboxylic acids is 2. The molecular weight excluding hydrogens is 652 g/mol. The Balaban J connectivity index is 1.25. The SMILES string of the molecule is COc1ccc2c(c1)[C@H]1CC=C[C@@]1(C(O)N1C(=O)OCC13C[C@@H]3C1=CCCC=C1)Cn1c-2c(C2CCCCC2)c2ccc(C(=O)OC(C)(C)C)cc21. The van der Waals surface area contributed by atoms with E-state index in [9.17, 15) is 14.7 Å². The maximum absolute atomic E-state index is 13.9. The molecule has 0 radical (unpaired) electrons. The third-order valence-electron chi connectivity index (χ3n) is 12.8. The quantitative estimate of drug-likeness (QED) is 0.204. The molecule has 1 aromatic heterocycles. The first-order valence-electron chi connectivity index (χ1n) is 19.3. The van der Waals surface area contributed by atoms with Crippen LogP contribution in [0.3, 0.4) is 0 Å². The minimum atomic E-state index is -1.15. The van der Waals surface area contributed by atoms with Crippen molar-refractivity contribution in [2.24, 2.45) is 11.3 Å². The van der Waals surface area contributed by atoms with Crippen molar-refractivity contribution in [2.75, 3.05) is 13.7 Å². The number of rotatable bonds is 6. The zero-order valence-electron chi connectivity index (χ0n) is 30.8. The van der Waals surface area contributed by atoms with Gasteiger partial charge in [0.25, 0.3) is 0 Å². The Morgan fingerprint density at radius 2 is 1.87 bits per heavy atom. The lowest BCUT2D eigenvalue weighted by molar-refractivity contribution is -0.0762. The number of esters is 1. The maximum Gasteiger partial charge on any atom is 0.412 e. The summed E-state index contributed by atoms with van der Waals surface area (Å²) in [6.07, 6.45) is 18.7. The number of hydrogen-bond donors (Lipinski definition) is 1. The van der Waals surface area contributed by atoms with E-state index < -0.39 is 28.9 Å². The van der Waals surface area contributed by atoms with Crippen LogP contribution in [0.15, 0.2) is 72.4 Å². The molecule has 8 heteroatoms. The standard InChI is InChI=1S/C44H50N2O6/c1-42(2,3)52-39(47)29-17-19-32-36(22-29)45-25-43(40(48)46-41(49)51-26-44(46)24-35(44)27-12-7-5-8-13-27)21-11-16-34(43)33-23-30(50-4)18-20-31(33)38(45)37(32)28-14-9-6-10-15-28/h7,11-13,17-23,28,34-35,40,48H,5-6,8-10,14-16,24-26H2,1-4H3/t34-,35-,40?,43-,44?/m1/s1. The van der Waals surface area contributed by atoms with E-state index in [-0.39, 0.29) is 24.4 Å². The minimum Gasteiger partial charge on any atom is -0.497 e. The molecule has 2 unspecified atom stereocenters. The zero-order valence-corrected chi connectivity index (χ0v) is 30.8. The molecule has 52 heavy (non-hydrogen) atoms. The molecular formula is C44H50N2O6. The van der Waals surface area contributed by atoms with E-state index in [1.807, 2.05) is 39.0 Å². The second kappa shape index (κ2) is 12.1. The first kappa shape index (κ1) is 33.5. The zero-order chi connectivity index (χ0) is 36.0. The summed E-state index contributed by atoms with van der Waals surface area (Å²) in [7, 11) is 1.70. The molecule has 272 valence electrons. The summed E-state index contributed by atoms with van der Waals surface area (Å²) in [5.74, 6) is 0.766. The molecule has 4 aliphatic carbocycles. The number of carbonyl (C=O) groups is 2. The van der Waals surface area contributed by atoms with Gasteiger partial charge in [0.15, 0.2) is 0 Å². The Morgan fingerprint density at radius 3 is 2.62 bits per heavy atom. The average molecular weight is 703 g/mol. The normalized spacial score (nSPS) is 28.6. The number of ether oxygens (including phenoxy) is 3. The molecule has 1 amide bonds. The van der Waals surface area contributed by atoms with E-state index in [1.54, 1.807) is 12.0 Å². The largest absolute Gasteiger partial charge is 0.497 e. The first-order chi connectivity index (χ1) is 25.0. The molecule has 5 atom stereocenters. The Hall–Kier alpha value is -4.30. The number of nitrogens with zero attached hydrogens (tertiary/aromatic N) is 2. The van der Waals surface area contributed by atoms with E-state index in [0.717, 1.165) is 72.0 Å². The monoisotopic (exact) mass is 702 g/mol. The molecule has 2 aromatic carbocycles. The van der Waals surface area contributed by atoms with Crippen LogP contribution in [0.25, 0.3) is 22.2 Å². The van der Waals surface area contributed by atoms with Gasteiger partial charge in [-0.15, -0.1) is 0 Å². The second-order valence-electron chi connectivity index (χ2n) is 17.0. The molecule has 1 N–H and O–H groups in total. The smallest absolute Gasteiger partial charge is 0.412 e. The molecule has 9 rings (SSSR count). The summed E-state index contributed by atoms with van der Waals surface area (Å²) in [5.41, 5.74) is 5.30. The van der Waals surface area contributed by atoms with E-state index in [2.05, 4.69) is 53.1 Å². The second-order valence-corrected chi connectivity index (χ2v) is 17.0. The van der Waals surface area contributed by atoms with Crippen molar-refractivity contribution in [2.45, 2.75) is 114 Å². The van der Waals surface area contributed by atoms with Gasteiger partial charge in [0.1, 0.15) is 24.2 Å². The number of hydrogen-bond acceptors (Lipinski definition) is 6. The summed E-state index contributed by atoms with van der Waals surface area (Å²) < 4.78 is 19.9. The highest BCUT2D eigenvalue weighted by Gasteiger charge is 2.69. The Labute approximate surface area is 306 Å². The van der Waals surface area contributed by atoms with Crippen LogP contribution in [-0.2, 0) is 16.0 Å². The number of amides is 1. The summed E-state index contributed by atoms with van der Waals surface area (Å²) in [4.78, 5) is 29.1. The van der Waals surface area contributed by atoms with Crippen LogP contribution in [0.2, 0.25) is 0 Å². The molecule has 1 saturated heterocycles. The maximum atomic E-state index is 13.9. The van der Waals surface area contributed by atoms with Crippen LogP contribution < -0.4 is 4.74 Å². The Morgan fingerprint density at radius 1 is 1.04 bits per heavy atom. The van der Waals surface area contributed by atoms with Crippen molar-refractivity contribution < 1.29 is 28.9 Å². The number of methoxy groups -OCH3 is 1. The number of fused-ring (bicyclic) bond motifs is 7. The van der Waals surface area contributed by atoms with Crippen LogP contribution in [0.1, 0.15) is 112 Å². The van der Waals surface area contributed by atoms with Crippen LogP contribution in [-0.4, -0.2) is 57.7 Å². The lowest BCUT2D eigenvalue weighted by atomic mass is 9.71. The van der Waals surface area contributed by atoms with Crippen molar-refractivity contribution in [3.63, 3.8) is 0 Å². The fraction of sp³-hybridized carbons (Fsp3) is 0.500. The highest BCUT2D eigenvalue weighted by atomic mass is 16.6. The third-order valence-corrected chi connectivity index (χ3v) is 12.8. The van der Waals surface area contributed by atoms with E-state index >= 15 is 0 Å². The Kier molecular flexibility index (Phi) is 7.82. The Bertz CT molecular complexity index is 2060. The van der Waals surface area contributed by atoms with Gasteiger partial charge in [0.2, 0.25) is 0 Å². The van der Waals surface area contributed by atoms with Gasteiger partial charge in [0, 0.05) is 34.8 Å². The van der Waals surface area contributed by atoms with Gasteiger partial charge in [-0.1, -0.05) is 55.7 Å². The van der Waals surface area contributed by atoms with E-state index in [0.29, 0.717) is 18.0 Å². The van der Waals surface area contributed by atoms with Crippen LogP contribution in [0, 0.1) is 11.3 Å². The molecule has 1 spiro atoms. The fourth-order valence-corrected chi connectivity index (χ4v) is 10.4. The molecule has 2 saturated carbocycles. The van der Waals surface area contributed by atoms with Gasteiger partial charge in [0.05, 0.1) is 29.3 Å². The van der Waals surface area contributed by atoms with Crippen molar-refractivity contribution in [3.05, 3.63) is 89.0 Å². The summed E-state index contributed by atoms with van der Waals surface area (Å²) in [6.45, 7) is 6.36. The first-order valence-corrected chi connectivity index (χ1v) is 19.3. The number of cyclic esters (lactones) is 1. The molecule has 3 fully saturated rings. The van der Waals surface area contributed by atoms with Crippen LogP contribution in [0.5, 0.6) is 5.75 Å². The minimum absolute atomic E-state index is 0.126. The lowest BCUT2D eigenvalue weighted by Gasteiger charge is -2.43. The number of aromatic nitrogens is 1. The van der Waals surface area contributed by atoms with E-state index in [1.165, 1.54) is 30.4 Å². The predicted molar refractivity (Wildman–Crippen MR) is 200 cm³/mol. The molecule has 3 heterocycles. The molecule has 8 nitrogen and oxygen atoms in total. The van der Waals surface area contributed by atoms with Gasteiger partial charge >= 0.3 is 12.1 Å². The fourth-order valence-electron chi connectivity index (χ4n) is 10.4. The van der Waals surface area contributed by atoms with Gasteiger partial charge in [-0.3, -0.25) is 4.90 Å². The van der Waals surface area contributed by atoms with Crippen molar-refractivity contribution in [1.82, 2.24) is 9.47 Å².